The van der Waals surface area contributed by atoms with Gasteiger partial charge in [0.15, 0.2) is 0 Å². The van der Waals surface area contributed by atoms with Crippen molar-refractivity contribution in [1.29, 1.82) is 0 Å². The Bertz CT molecular complexity index is 562. The van der Waals surface area contributed by atoms with E-state index in [-0.39, 0.29) is 11.6 Å². The summed E-state index contributed by atoms with van der Waals surface area (Å²) in [4.78, 5) is 0. The summed E-state index contributed by atoms with van der Waals surface area (Å²) in [5.41, 5.74) is 4.41. The summed E-state index contributed by atoms with van der Waals surface area (Å²) >= 11 is 0. The predicted octanol–water partition coefficient (Wildman–Crippen LogP) is 1.34. The van der Waals surface area contributed by atoms with Crippen molar-refractivity contribution in [3.05, 3.63) is 42.2 Å². The molecule has 1 fully saturated rings. The van der Waals surface area contributed by atoms with Crippen LogP contribution in [0.3, 0.4) is 0 Å². The third kappa shape index (κ3) is 2.22. The smallest absolute Gasteiger partial charge is 0.0936 e. The van der Waals surface area contributed by atoms with Gasteiger partial charge in [-0.1, -0.05) is 23.4 Å². The maximum Gasteiger partial charge on any atom is 0.0936 e. The second-order valence-electron chi connectivity index (χ2n) is 5.27. The van der Waals surface area contributed by atoms with Gasteiger partial charge in [-0.2, -0.15) is 0 Å². The number of aromatic nitrogens is 3. The first-order chi connectivity index (χ1) is 9.74. The molecule has 1 saturated heterocycles. The number of benzene rings is 1. The monoisotopic (exact) mass is 273 g/mol. The van der Waals surface area contributed by atoms with Crippen molar-refractivity contribution >= 4 is 0 Å². The summed E-state index contributed by atoms with van der Waals surface area (Å²) in [6.07, 6.45) is 3.74. The van der Waals surface area contributed by atoms with Gasteiger partial charge in [-0.15, -0.1) is 5.10 Å². The molecule has 1 aliphatic heterocycles. The molecular formula is C14H19N5O. The average Bonchev–Trinajstić information content (AvgIpc) is 3.11. The van der Waals surface area contributed by atoms with Gasteiger partial charge >= 0.3 is 0 Å². The number of nitrogens with zero attached hydrogens (tertiary/aromatic N) is 3. The second-order valence-corrected chi connectivity index (χ2v) is 5.27. The number of hydrazine groups is 1. The molecule has 3 rings (SSSR count). The van der Waals surface area contributed by atoms with Crippen LogP contribution in [-0.4, -0.2) is 27.2 Å². The van der Waals surface area contributed by atoms with E-state index in [9.17, 15) is 0 Å². The third-order valence-electron chi connectivity index (χ3n) is 3.90. The Morgan fingerprint density at radius 3 is 2.85 bits per heavy atom. The Kier molecular flexibility index (Phi) is 3.52. The molecule has 0 saturated carbocycles. The molecule has 20 heavy (non-hydrogen) atoms. The van der Waals surface area contributed by atoms with Gasteiger partial charge in [0, 0.05) is 6.61 Å². The van der Waals surface area contributed by atoms with Crippen LogP contribution in [0, 0.1) is 0 Å². The van der Waals surface area contributed by atoms with Gasteiger partial charge in [0.05, 0.1) is 29.2 Å². The minimum Gasteiger partial charge on any atom is -0.373 e. The Morgan fingerprint density at radius 1 is 1.40 bits per heavy atom. The lowest BCUT2D eigenvalue weighted by atomic mass is 9.91. The third-order valence-corrected chi connectivity index (χ3v) is 3.90. The molecule has 106 valence electrons. The molecule has 0 aliphatic carbocycles. The molecule has 1 aliphatic rings. The molecule has 0 bridgehead atoms. The lowest BCUT2D eigenvalue weighted by Crippen LogP contribution is -2.45. The van der Waals surface area contributed by atoms with Crippen molar-refractivity contribution in [3.63, 3.8) is 0 Å². The number of hydrogen-bond donors (Lipinski definition) is 2. The number of ether oxygens (including phenoxy) is 1. The summed E-state index contributed by atoms with van der Waals surface area (Å²) in [7, 11) is 0. The highest BCUT2D eigenvalue weighted by Crippen LogP contribution is 2.37. The zero-order chi connectivity index (χ0) is 14.0. The summed E-state index contributed by atoms with van der Waals surface area (Å²) in [6.45, 7) is 2.84. The van der Waals surface area contributed by atoms with E-state index in [1.54, 1.807) is 10.9 Å². The molecule has 6 heteroatoms. The fourth-order valence-electron chi connectivity index (χ4n) is 2.81. The molecule has 0 spiro atoms. The SMILES string of the molecule is CC1(C(NN)c2cnnn2-c2ccccc2)CCCO1. The van der Waals surface area contributed by atoms with Crippen LogP contribution in [0.1, 0.15) is 31.5 Å². The Hall–Kier alpha value is -1.76. The van der Waals surface area contributed by atoms with E-state index >= 15 is 0 Å². The number of nitrogens with two attached hydrogens (primary N) is 1. The second kappa shape index (κ2) is 5.32. The highest BCUT2D eigenvalue weighted by molar-refractivity contribution is 5.32. The van der Waals surface area contributed by atoms with Crippen LogP contribution in [0.5, 0.6) is 0 Å². The van der Waals surface area contributed by atoms with E-state index in [0.717, 1.165) is 30.8 Å². The molecule has 2 aromatic rings. The topological polar surface area (TPSA) is 78.0 Å². The molecular weight excluding hydrogens is 254 g/mol. The van der Waals surface area contributed by atoms with Crippen LogP contribution < -0.4 is 11.3 Å². The van der Waals surface area contributed by atoms with Crippen LogP contribution in [0.4, 0.5) is 0 Å². The van der Waals surface area contributed by atoms with Crippen LogP contribution in [-0.2, 0) is 4.74 Å². The van der Waals surface area contributed by atoms with Gasteiger partial charge in [0.1, 0.15) is 0 Å². The van der Waals surface area contributed by atoms with E-state index in [2.05, 4.69) is 22.7 Å². The fraction of sp³-hybridized carbons (Fsp3) is 0.429. The summed E-state index contributed by atoms with van der Waals surface area (Å²) in [5, 5.41) is 8.21. The Morgan fingerprint density at radius 2 is 2.20 bits per heavy atom. The average molecular weight is 273 g/mol. The van der Waals surface area contributed by atoms with Crippen molar-refractivity contribution in [2.45, 2.75) is 31.4 Å². The van der Waals surface area contributed by atoms with Crippen molar-refractivity contribution in [2.75, 3.05) is 6.61 Å². The van der Waals surface area contributed by atoms with E-state index in [1.165, 1.54) is 0 Å². The molecule has 0 radical (unpaired) electrons. The zero-order valence-corrected chi connectivity index (χ0v) is 11.5. The Balaban J connectivity index is 2.00. The van der Waals surface area contributed by atoms with Gasteiger partial charge in [0.2, 0.25) is 0 Å². The van der Waals surface area contributed by atoms with Gasteiger partial charge in [0.25, 0.3) is 0 Å². The summed E-state index contributed by atoms with van der Waals surface area (Å²) in [6, 6.07) is 9.74. The highest BCUT2D eigenvalue weighted by atomic mass is 16.5. The van der Waals surface area contributed by atoms with Crippen molar-refractivity contribution in [3.8, 4) is 5.69 Å². The largest absolute Gasteiger partial charge is 0.373 e. The molecule has 6 nitrogen and oxygen atoms in total. The number of rotatable bonds is 4. The van der Waals surface area contributed by atoms with E-state index < -0.39 is 0 Å². The van der Waals surface area contributed by atoms with E-state index in [0.29, 0.717) is 0 Å². The molecule has 1 aromatic heterocycles. The first-order valence-corrected chi connectivity index (χ1v) is 6.81. The van der Waals surface area contributed by atoms with Crippen molar-refractivity contribution in [1.82, 2.24) is 20.4 Å². The van der Waals surface area contributed by atoms with Crippen molar-refractivity contribution in [2.24, 2.45) is 5.84 Å². The van der Waals surface area contributed by atoms with Crippen LogP contribution in [0.15, 0.2) is 36.5 Å². The fourth-order valence-corrected chi connectivity index (χ4v) is 2.81. The first-order valence-electron chi connectivity index (χ1n) is 6.81. The van der Waals surface area contributed by atoms with Crippen molar-refractivity contribution < 1.29 is 4.74 Å². The molecule has 2 unspecified atom stereocenters. The first kappa shape index (κ1) is 13.2. The summed E-state index contributed by atoms with van der Waals surface area (Å²) < 4.78 is 7.70. The highest BCUT2D eigenvalue weighted by Gasteiger charge is 2.40. The van der Waals surface area contributed by atoms with Gasteiger partial charge in [-0.05, 0) is 31.9 Å². The maximum absolute atomic E-state index is 5.90. The molecule has 1 aromatic carbocycles. The number of hydrogen-bond acceptors (Lipinski definition) is 5. The van der Waals surface area contributed by atoms with Gasteiger partial charge in [-0.25, -0.2) is 10.1 Å². The van der Waals surface area contributed by atoms with E-state index in [4.69, 9.17) is 10.6 Å². The number of nitrogens with one attached hydrogen (secondary N) is 1. The molecule has 3 N–H and O–H groups in total. The van der Waals surface area contributed by atoms with Crippen LogP contribution in [0.2, 0.25) is 0 Å². The standard InChI is InChI=1S/C14H19N5O/c1-14(8-5-9-20-14)13(17-15)12-10-16-18-19(12)11-6-3-2-4-7-11/h2-4,6-7,10,13,17H,5,8-9,15H2,1H3. The zero-order valence-electron chi connectivity index (χ0n) is 11.5. The van der Waals surface area contributed by atoms with Crippen LogP contribution >= 0.6 is 0 Å². The quantitative estimate of drug-likeness (QED) is 0.649. The number of para-hydroxylation sites is 1. The molecule has 2 heterocycles. The normalized spacial score (nSPS) is 23.9. The lowest BCUT2D eigenvalue weighted by Gasteiger charge is -2.32. The molecule has 0 amide bonds. The van der Waals surface area contributed by atoms with E-state index in [1.807, 2.05) is 30.3 Å². The Labute approximate surface area is 117 Å². The minimum absolute atomic E-state index is 0.153. The predicted molar refractivity (Wildman–Crippen MR) is 75.0 cm³/mol. The van der Waals surface area contributed by atoms with Crippen LogP contribution in [0.25, 0.3) is 5.69 Å². The maximum atomic E-state index is 5.90. The lowest BCUT2D eigenvalue weighted by molar-refractivity contribution is -0.0143. The summed E-state index contributed by atoms with van der Waals surface area (Å²) in [5.74, 6) is 5.78. The molecule has 2 atom stereocenters. The van der Waals surface area contributed by atoms with Gasteiger partial charge in [-0.3, -0.25) is 5.84 Å². The minimum atomic E-state index is -0.330. The van der Waals surface area contributed by atoms with Gasteiger partial charge < -0.3 is 4.74 Å².